The molecule has 0 aliphatic rings. The van der Waals surface area contributed by atoms with Crippen molar-refractivity contribution in [1.29, 1.82) is 0 Å². The van der Waals surface area contributed by atoms with E-state index in [0.717, 1.165) is 6.54 Å². The normalized spacial score (nSPS) is 12.7. The van der Waals surface area contributed by atoms with Gasteiger partial charge in [-0.2, -0.15) is 5.10 Å². The number of rotatable bonds is 4. The van der Waals surface area contributed by atoms with Crippen molar-refractivity contribution in [2.24, 2.45) is 7.05 Å². The van der Waals surface area contributed by atoms with Crippen LogP contribution in [0.25, 0.3) is 0 Å². The number of hydrogen-bond acceptors (Lipinski definition) is 2. The Morgan fingerprint density at radius 1 is 1.26 bits per heavy atom. The fourth-order valence-electron chi connectivity index (χ4n) is 2.40. The van der Waals surface area contributed by atoms with E-state index in [1.54, 1.807) is 0 Å². The lowest BCUT2D eigenvalue weighted by Gasteiger charge is -2.17. The van der Waals surface area contributed by atoms with Crippen LogP contribution in [0.15, 0.2) is 24.4 Å². The van der Waals surface area contributed by atoms with Crippen LogP contribution in [-0.4, -0.2) is 9.78 Å². The van der Waals surface area contributed by atoms with E-state index in [0.29, 0.717) is 6.04 Å². The van der Waals surface area contributed by atoms with Crippen LogP contribution in [0.2, 0.25) is 0 Å². The van der Waals surface area contributed by atoms with Crippen molar-refractivity contribution in [2.45, 2.75) is 40.3 Å². The molecule has 0 saturated heterocycles. The molecule has 0 aliphatic heterocycles. The SMILES string of the molecule is Cc1ccc(C(C)NCc2cnn(C)c2C)c(C)c1. The average Bonchev–Trinajstić information content (AvgIpc) is 2.67. The fraction of sp³-hybridized carbons (Fsp3) is 0.438. The highest BCUT2D eigenvalue weighted by molar-refractivity contribution is 5.32. The maximum absolute atomic E-state index is 4.27. The largest absolute Gasteiger partial charge is 0.306 e. The summed E-state index contributed by atoms with van der Waals surface area (Å²) in [4.78, 5) is 0. The maximum Gasteiger partial charge on any atom is 0.0537 e. The molecular weight excluding hydrogens is 234 g/mol. The number of aryl methyl sites for hydroxylation is 3. The zero-order valence-electron chi connectivity index (χ0n) is 12.5. The highest BCUT2D eigenvalue weighted by atomic mass is 15.3. The van der Waals surface area contributed by atoms with Gasteiger partial charge in [0.15, 0.2) is 0 Å². The summed E-state index contributed by atoms with van der Waals surface area (Å²) < 4.78 is 1.92. The second kappa shape index (κ2) is 5.57. The van der Waals surface area contributed by atoms with E-state index in [-0.39, 0.29) is 0 Å². The monoisotopic (exact) mass is 257 g/mol. The molecule has 1 N–H and O–H groups in total. The first-order valence-corrected chi connectivity index (χ1v) is 6.77. The molecule has 0 radical (unpaired) electrons. The van der Waals surface area contributed by atoms with Gasteiger partial charge in [0.25, 0.3) is 0 Å². The predicted octanol–water partition coefficient (Wildman–Crippen LogP) is 3.20. The molecule has 19 heavy (non-hydrogen) atoms. The molecule has 0 aliphatic carbocycles. The summed E-state index contributed by atoms with van der Waals surface area (Å²) in [5, 5.41) is 7.85. The molecule has 0 bridgehead atoms. The highest BCUT2D eigenvalue weighted by Crippen LogP contribution is 2.19. The molecule has 2 aromatic rings. The van der Waals surface area contributed by atoms with Gasteiger partial charge in [0.2, 0.25) is 0 Å². The molecule has 0 spiro atoms. The molecule has 3 heteroatoms. The Morgan fingerprint density at radius 3 is 2.58 bits per heavy atom. The highest BCUT2D eigenvalue weighted by Gasteiger charge is 2.10. The second-order valence-electron chi connectivity index (χ2n) is 5.34. The Balaban J connectivity index is 2.05. The van der Waals surface area contributed by atoms with Gasteiger partial charge in [0, 0.05) is 30.9 Å². The molecule has 1 heterocycles. The van der Waals surface area contributed by atoms with Crippen LogP contribution in [-0.2, 0) is 13.6 Å². The summed E-state index contributed by atoms with van der Waals surface area (Å²) in [6.45, 7) is 9.48. The van der Waals surface area contributed by atoms with Gasteiger partial charge in [0.05, 0.1) is 6.20 Å². The zero-order chi connectivity index (χ0) is 14.0. The van der Waals surface area contributed by atoms with E-state index in [2.05, 4.69) is 56.3 Å². The third-order valence-corrected chi connectivity index (χ3v) is 3.83. The summed E-state index contributed by atoms with van der Waals surface area (Å²) in [5.74, 6) is 0. The Morgan fingerprint density at radius 2 is 2.00 bits per heavy atom. The lowest BCUT2D eigenvalue weighted by molar-refractivity contribution is 0.570. The third kappa shape index (κ3) is 3.04. The second-order valence-corrected chi connectivity index (χ2v) is 5.34. The van der Waals surface area contributed by atoms with Crippen molar-refractivity contribution in [1.82, 2.24) is 15.1 Å². The van der Waals surface area contributed by atoms with E-state index in [4.69, 9.17) is 0 Å². The maximum atomic E-state index is 4.27. The van der Waals surface area contributed by atoms with Crippen molar-refractivity contribution in [2.75, 3.05) is 0 Å². The van der Waals surface area contributed by atoms with Gasteiger partial charge in [0.1, 0.15) is 0 Å². The van der Waals surface area contributed by atoms with Crippen LogP contribution >= 0.6 is 0 Å². The minimum absolute atomic E-state index is 0.347. The Bertz CT molecular complexity index is 569. The number of nitrogens with one attached hydrogen (secondary N) is 1. The van der Waals surface area contributed by atoms with Crippen molar-refractivity contribution in [3.63, 3.8) is 0 Å². The predicted molar refractivity (Wildman–Crippen MR) is 79.1 cm³/mol. The smallest absolute Gasteiger partial charge is 0.0537 e. The van der Waals surface area contributed by atoms with Crippen molar-refractivity contribution >= 4 is 0 Å². The lowest BCUT2D eigenvalue weighted by atomic mass is 10.00. The number of hydrogen-bond donors (Lipinski definition) is 1. The van der Waals surface area contributed by atoms with Gasteiger partial charge in [-0.1, -0.05) is 23.8 Å². The molecular formula is C16H23N3. The van der Waals surface area contributed by atoms with Crippen LogP contribution in [0.3, 0.4) is 0 Å². The van der Waals surface area contributed by atoms with Gasteiger partial charge >= 0.3 is 0 Å². The van der Waals surface area contributed by atoms with Crippen molar-refractivity contribution in [3.05, 3.63) is 52.3 Å². The van der Waals surface area contributed by atoms with Crippen LogP contribution in [0.5, 0.6) is 0 Å². The fourth-order valence-corrected chi connectivity index (χ4v) is 2.40. The molecule has 0 saturated carbocycles. The van der Waals surface area contributed by atoms with Gasteiger partial charge in [-0.3, -0.25) is 4.68 Å². The summed E-state index contributed by atoms with van der Waals surface area (Å²) >= 11 is 0. The molecule has 102 valence electrons. The molecule has 1 aromatic carbocycles. The summed E-state index contributed by atoms with van der Waals surface area (Å²) in [6.07, 6.45) is 1.94. The lowest BCUT2D eigenvalue weighted by Crippen LogP contribution is -2.19. The van der Waals surface area contributed by atoms with Crippen LogP contribution < -0.4 is 5.32 Å². The third-order valence-electron chi connectivity index (χ3n) is 3.83. The number of nitrogens with zero attached hydrogens (tertiary/aromatic N) is 2. The number of benzene rings is 1. The van der Waals surface area contributed by atoms with Gasteiger partial charge in [-0.25, -0.2) is 0 Å². The van der Waals surface area contributed by atoms with E-state index in [1.165, 1.54) is 27.9 Å². The number of aromatic nitrogens is 2. The first kappa shape index (κ1) is 13.8. The van der Waals surface area contributed by atoms with Crippen LogP contribution in [0, 0.1) is 20.8 Å². The molecule has 1 unspecified atom stereocenters. The van der Waals surface area contributed by atoms with E-state index in [9.17, 15) is 0 Å². The quantitative estimate of drug-likeness (QED) is 0.911. The Hall–Kier alpha value is -1.61. The first-order valence-electron chi connectivity index (χ1n) is 6.77. The van der Waals surface area contributed by atoms with Crippen LogP contribution in [0.1, 0.15) is 40.9 Å². The minimum atomic E-state index is 0.347. The molecule has 1 atom stereocenters. The Labute approximate surface area is 115 Å². The average molecular weight is 257 g/mol. The van der Waals surface area contributed by atoms with Crippen LogP contribution in [0.4, 0.5) is 0 Å². The van der Waals surface area contributed by atoms with E-state index >= 15 is 0 Å². The van der Waals surface area contributed by atoms with E-state index in [1.807, 2.05) is 17.9 Å². The Kier molecular flexibility index (Phi) is 4.05. The van der Waals surface area contributed by atoms with Gasteiger partial charge in [-0.15, -0.1) is 0 Å². The topological polar surface area (TPSA) is 29.9 Å². The molecule has 2 rings (SSSR count). The molecule has 0 amide bonds. The molecule has 1 aromatic heterocycles. The van der Waals surface area contributed by atoms with Crippen molar-refractivity contribution < 1.29 is 0 Å². The summed E-state index contributed by atoms with van der Waals surface area (Å²) in [6, 6.07) is 6.98. The standard InChI is InChI=1S/C16H23N3/c1-11-6-7-16(12(2)8-11)13(3)17-9-15-10-18-19(5)14(15)4/h6-8,10,13,17H,9H2,1-5H3. The van der Waals surface area contributed by atoms with Gasteiger partial charge < -0.3 is 5.32 Å². The summed E-state index contributed by atoms with van der Waals surface area (Å²) in [5.41, 5.74) is 6.52. The van der Waals surface area contributed by atoms with E-state index < -0.39 is 0 Å². The van der Waals surface area contributed by atoms with Gasteiger partial charge in [-0.05, 0) is 38.8 Å². The zero-order valence-corrected chi connectivity index (χ0v) is 12.5. The minimum Gasteiger partial charge on any atom is -0.306 e. The molecule has 0 fully saturated rings. The first-order chi connectivity index (χ1) is 8.99. The molecule has 3 nitrogen and oxygen atoms in total. The van der Waals surface area contributed by atoms with Crippen molar-refractivity contribution in [3.8, 4) is 0 Å². The summed E-state index contributed by atoms with van der Waals surface area (Å²) in [7, 11) is 1.98.